The summed E-state index contributed by atoms with van der Waals surface area (Å²) in [5, 5.41) is 0. The highest BCUT2D eigenvalue weighted by Crippen LogP contribution is 2.22. The van der Waals surface area contributed by atoms with Crippen molar-refractivity contribution in [3.8, 4) is 16.9 Å². The summed E-state index contributed by atoms with van der Waals surface area (Å²) >= 11 is 4.18. The van der Waals surface area contributed by atoms with Gasteiger partial charge in [0.1, 0.15) is 5.75 Å². The van der Waals surface area contributed by atoms with Crippen LogP contribution in [0.5, 0.6) is 5.75 Å². The van der Waals surface area contributed by atoms with Crippen LogP contribution in [0.3, 0.4) is 0 Å². The smallest absolute Gasteiger partial charge is 0.119 e. The highest BCUT2D eigenvalue weighted by atomic mass is 32.1. The van der Waals surface area contributed by atoms with Gasteiger partial charge in [-0.05, 0) is 42.5 Å². The Morgan fingerprint density at radius 1 is 0.905 bits per heavy atom. The van der Waals surface area contributed by atoms with E-state index in [1.165, 1.54) is 11.1 Å². The topological polar surface area (TPSA) is 35.2 Å². The van der Waals surface area contributed by atoms with E-state index in [1.807, 2.05) is 18.2 Å². The molecule has 0 amide bonds. The number of thiol groups is 1. The molecule has 2 nitrogen and oxygen atoms in total. The normalized spacial score (nSPS) is 12.1. The summed E-state index contributed by atoms with van der Waals surface area (Å²) in [5.74, 6) is 1.68. The highest BCUT2D eigenvalue weighted by molar-refractivity contribution is 7.80. The summed E-state index contributed by atoms with van der Waals surface area (Å²) in [4.78, 5) is 0. The van der Waals surface area contributed by atoms with Crippen LogP contribution < -0.4 is 10.5 Å². The molecule has 2 rings (SSSR count). The molecule has 0 saturated carbocycles. The first-order valence-electron chi connectivity index (χ1n) is 7.44. The fraction of sp³-hybridized carbons (Fsp3) is 0.333. The third kappa shape index (κ3) is 5.44. The number of rotatable bonds is 8. The molecule has 3 heteroatoms. The predicted molar refractivity (Wildman–Crippen MR) is 93.1 cm³/mol. The number of nitrogens with two attached hydrogens (primary N) is 1. The first kappa shape index (κ1) is 15.9. The van der Waals surface area contributed by atoms with Gasteiger partial charge in [-0.15, -0.1) is 0 Å². The second kappa shape index (κ2) is 8.75. The molecule has 1 unspecified atom stereocenters. The monoisotopic (exact) mass is 301 g/mol. The Balaban J connectivity index is 1.75. The second-order valence-electron chi connectivity index (χ2n) is 5.18. The third-order valence-corrected chi connectivity index (χ3v) is 3.90. The number of hydrogen-bond donors (Lipinski definition) is 2. The maximum atomic E-state index is 5.82. The molecule has 0 aliphatic carbocycles. The zero-order valence-corrected chi connectivity index (χ0v) is 13.1. The summed E-state index contributed by atoms with van der Waals surface area (Å²) in [6, 6.07) is 18.8. The molecule has 0 bridgehead atoms. The van der Waals surface area contributed by atoms with E-state index < -0.39 is 0 Å². The summed E-state index contributed by atoms with van der Waals surface area (Å²) in [7, 11) is 0. The number of hydrogen-bond acceptors (Lipinski definition) is 3. The van der Waals surface area contributed by atoms with Gasteiger partial charge in [-0.1, -0.05) is 42.5 Å². The Bertz CT molecular complexity index is 513. The van der Waals surface area contributed by atoms with Crippen molar-refractivity contribution in [3.05, 3.63) is 54.6 Å². The fourth-order valence-corrected chi connectivity index (χ4v) is 2.35. The van der Waals surface area contributed by atoms with Crippen LogP contribution in [-0.2, 0) is 0 Å². The average molecular weight is 301 g/mol. The molecule has 2 N–H and O–H groups in total. The molecule has 0 fully saturated rings. The van der Waals surface area contributed by atoms with Crippen molar-refractivity contribution < 1.29 is 4.74 Å². The van der Waals surface area contributed by atoms with Crippen molar-refractivity contribution in [1.82, 2.24) is 0 Å². The Morgan fingerprint density at radius 3 is 2.24 bits per heavy atom. The summed E-state index contributed by atoms with van der Waals surface area (Å²) in [6.45, 7) is 0.740. The van der Waals surface area contributed by atoms with Gasteiger partial charge < -0.3 is 10.5 Å². The van der Waals surface area contributed by atoms with E-state index in [0.717, 1.165) is 37.4 Å². The van der Waals surface area contributed by atoms with Gasteiger partial charge in [0.2, 0.25) is 0 Å². The molecule has 2 aromatic rings. The van der Waals surface area contributed by atoms with Crippen LogP contribution in [0.25, 0.3) is 11.1 Å². The SMILES string of the molecule is NC(CS)CCCCOc1ccc(-c2ccccc2)cc1. The minimum absolute atomic E-state index is 0.207. The van der Waals surface area contributed by atoms with Gasteiger partial charge in [-0.2, -0.15) is 12.6 Å². The van der Waals surface area contributed by atoms with Crippen LogP contribution >= 0.6 is 12.6 Å². The first-order valence-corrected chi connectivity index (χ1v) is 8.07. The second-order valence-corrected chi connectivity index (χ2v) is 5.54. The van der Waals surface area contributed by atoms with Crippen LogP contribution in [0.2, 0.25) is 0 Å². The van der Waals surface area contributed by atoms with E-state index in [4.69, 9.17) is 10.5 Å². The highest BCUT2D eigenvalue weighted by Gasteiger charge is 2.00. The number of benzene rings is 2. The molecular formula is C18H23NOS. The van der Waals surface area contributed by atoms with Crippen molar-refractivity contribution >= 4 is 12.6 Å². The van der Waals surface area contributed by atoms with Crippen LogP contribution in [-0.4, -0.2) is 18.4 Å². The molecule has 0 aliphatic heterocycles. The predicted octanol–water partition coefficient (Wildman–Crippen LogP) is 4.16. The average Bonchev–Trinajstić information content (AvgIpc) is 2.55. The zero-order valence-electron chi connectivity index (χ0n) is 12.2. The van der Waals surface area contributed by atoms with Crippen LogP contribution in [0.4, 0.5) is 0 Å². The molecule has 112 valence electrons. The van der Waals surface area contributed by atoms with Gasteiger partial charge >= 0.3 is 0 Å². The third-order valence-electron chi connectivity index (χ3n) is 3.43. The van der Waals surface area contributed by atoms with E-state index in [-0.39, 0.29) is 6.04 Å². The number of ether oxygens (including phenoxy) is 1. The van der Waals surface area contributed by atoms with Gasteiger partial charge in [0.15, 0.2) is 0 Å². The van der Waals surface area contributed by atoms with E-state index >= 15 is 0 Å². The van der Waals surface area contributed by atoms with Gasteiger partial charge in [-0.3, -0.25) is 0 Å². The lowest BCUT2D eigenvalue weighted by Gasteiger charge is -2.09. The summed E-state index contributed by atoms with van der Waals surface area (Å²) < 4.78 is 5.75. The molecule has 0 saturated heterocycles. The standard InChI is InChI=1S/C18H23NOS/c19-17(14-21)8-4-5-13-20-18-11-9-16(10-12-18)15-6-2-1-3-7-15/h1-3,6-7,9-12,17,21H,4-5,8,13-14,19H2. The molecule has 0 aromatic heterocycles. The molecular weight excluding hydrogens is 278 g/mol. The van der Waals surface area contributed by atoms with Crippen molar-refractivity contribution in [3.63, 3.8) is 0 Å². The number of unbranched alkanes of at least 4 members (excludes halogenated alkanes) is 1. The van der Waals surface area contributed by atoms with Gasteiger partial charge in [-0.25, -0.2) is 0 Å². The maximum Gasteiger partial charge on any atom is 0.119 e. The van der Waals surface area contributed by atoms with E-state index in [2.05, 4.69) is 49.0 Å². The zero-order chi connectivity index (χ0) is 14.9. The Hall–Kier alpha value is -1.45. The minimum Gasteiger partial charge on any atom is -0.494 e. The molecule has 0 radical (unpaired) electrons. The largest absolute Gasteiger partial charge is 0.494 e. The molecule has 1 atom stereocenters. The lowest BCUT2D eigenvalue weighted by atomic mass is 10.1. The quantitative estimate of drug-likeness (QED) is 0.567. The van der Waals surface area contributed by atoms with Gasteiger partial charge in [0.25, 0.3) is 0 Å². The first-order chi connectivity index (χ1) is 10.3. The van der Waals surface area contributed by atoms with Crippen molar-refractivity contribution in [2.24, 2.45) is 5.73 Å². The molecule has 0 spiro atoms. The molecule has 0 heterocycles. The lowest BCUT2D eigenvalue weighted by Crippen LogP contribution is -2.21. The van der Waals surface area contributed by atoms with E-state index in [9.17, 15) is 0 Å². The Kier molecular flexibility index (Phi) is 6.64. The summed E-state index contributed by atoms with van der Waals surface area (Å²) in [6.07, 6.45) is 3.13. The van der Waals surface area contributed by atoms with Crippen molar-refractivity contribution in [1.29, 1.82) is 0 Å². The Morgan fingerprint density at radius 2 is 1.57 bits per heavy atom. The van der Waals surface area contributed by atoms with Crippen molar-refractivity contribution in [2.45, 2.75) is 25.3 Å². The molecule has 2 aromatic carbocycles. The lowest BCUT2D eigenvalue weighted by molar-refractivity contribution is 0.304. The maximum absolute atomic E-state index is 5.82. The van der Waals surface area contributed by atoms with Crippen LogP contribution in [0.1, 0.15) is 19.3 Å². The summed E-state index contributed by atoms with van der Waals surface area (Å²) in [5.41, 5.74) is 8.26. The van der Waals surface area contributed by atoms with Crippen LogP contribution in [0, 0.1) is 0 Å². The minimum atomic E-state index is 0.207. The van der Waals surface area contributed by atoms with E-state index in [1.54, 1.807) is 0 Å². The van der Waals surface area contributed by atoms with E-state index in [0.29, 0.717) is 0 Å². The van der Waals surface area contributed by atoms with Gasteiger partial charge in [0.05, 0.1) is 6.61 Å². The molecule has 0 aliphatic rings. The molecule has 21 heavy (non-hydrogen) atoms. The van der Waals surface area contributed by atoms with Crippen molar-refractivity contribution in [2.75, 3.05) is 12.4 Å². The fourth-order valence-electron chi connectivity index (χ4n) is 2.16. The van der Waals surface area contributed by atoms with Gasteiger partial charge in [0, 0.05) is 11.8 Å². The Labute approximate surface area is 132 Å². The van der Waals surface area contributed by atoms with Crippen LogP contribution in [0.15, 0.2) is 54.6 Å².